The van der Waals surface area contributed by atoms with Crippen LogP contribution in [0.3, 0.4) is 0 Å². The molecule has 3 aromatic rings. The van der Waals surface area contributed by atoms with Crippen molar-refractivity contribution in [3.05, 3.63) is 58.6 Å². The van der Waals surface area contributed by atoms with E-state index in [1.165, 1.54) is 0 Å². The minimum Gasteiger partial charge on any atom is -0.461 e. The predicted octanol–water partition coefficient (Wildman–Crippen LogP) is 3.59. The maximum absolute atomic E-state index is 13.7. The second-order valence-corrected chi connectivity index (χ2v) is 8.84. The number of hydrogen-bond donors (Lipinski definition) is 1. The normalized spacial score (nSPS) is 19.0. The summed E-state index contributed by atoms with van der Waals surface area (Å²) in [4.78, 5) is 26.1. The lowest BCUT2D eigenvalue weighted by Crippen LogP contribution is -2.35. The molecule has 1 aromatic carbocycles. The number of ketones is 1. The molecule has 1 unspecified atom stereocenters. The second kappa shape index (κ2) is 8.94. The number of fused-ring (bicyclic) bond motifs is 2. The highest BCUT2D eigenvalue weighted by Crippen LogP contribution is 2.40. The summed E-state index contributed by atoms with van der Waals surface area (Å²) in [6.45, 7) is 5.44. The van der Waals surface area contributed by atoms with Crippen molar-refractivity contribution in [3.63, 3.8) is 0 Å². The van der Waals surface area contributed by atoms with Crippen LogP contribution in [-0.2, 0) is 27.1 Å². The van der Waals surface area contributed by atoms with Crippen molar-refractivity contribution < 1.29 is 19.1 Å². The first kappa shape index (κ1) is 21.6. The number of benzene rings is 1. The van der Waals surface area contributed by atoms with E-state index in [2.05, 4.69) is 15.3 Å². The highest BCUT2D eigenvalue weighted by molar-refractivity contribution is 5.99. The third-order valence-corrected chi connectivity index (χ3v) is 6.65. The fourth-order valence-corrected chi connectivity index (χ4v) is 5.11. The van der Waals surface area contributed by atoms with Gasteiger partial charge < -0.3 is 9.47 Å². The van der Waals surface area contributed by atoms with Gasteiger partial charge in [-0.3, -0.25) is 14.6 Å². The molecule has 0 amide bonds. The summed E-state index contributed by atoms with van der Waals surface area (Å²) in [5.41, 5.74) is 5.02. The van der Waals surface area contributed by atoms with Gasteiger partial charge in [0.05, 0.1) is 24.4 Å². The van der Waals surface area contributed by atoms with Gasteiger partial charge in [-0.2, -0.15) is 10.2 Å². The molecule has 0 spiro atoms. The van der Waals surface area contributed by atoms with Crippen molar-refractivity contribution in [2.75, 3.05) is 19.8 Å². The molecule has 5 rings (SSSR count). The van der Waals surface area contributed by atoms with E-state index in [9.17, 15) is 9.59 Å². The number of esters is 1. The topological polar surface area (TPSA) is 99.1 Å². The van der Waals surface area contributed by atoms with E-state index in [1.54, 1.807) is 13.1 Å². The molecule has 0 bridgehead atoms. The summed E-state index contributed by atoms with van der Waals surface area (Å²) >= 11 is 0. The molecule has 1 N–H and O–H groups in total. The van der Waals surface area contributed by atoms with Gasteiger partial charge in [-0.15, -0.1) is 0 Å². The summed E-state index contributed by atoms with van der Waals surface area (Å²) in [5.74, 6) is -0.104. The van der Waals surface area contributed by atoms with E-state index in [0.29, 0.717) is 38.4 Å². The molecule has 1 saturated heterocycles. The van der Waals surface area contributed by atoms with Crippen molar-refractivity contribution in [3.8, 4) is 0 Å². The fourth-order valence-electron chi connectivity index (χ4n) is 5.11. The third kappa shape index (κ3) is 4.11. The van der Waals surface area contributed by atoms with Crippen LogP contribution in [0.1, 0.15) is 54.5 Å². The lowest BCUT2D eigenvalue weighted by molar-refractivity contribution is -0.116. The number of carbonyl (C=O) groups is 2. The molecule has 2 aromatic heterocycles. The van der Waals surface area contributed by atoms with E-state index in [-0.39, 0.29) is 17.7 Å². The zero-order valence-corrected chi connectivity index (χ0v) is 19.0. The van der Waals surface area contributed by atoms with Gasteiger partial charge in [-0.05, 0) is 56.4 Å². The predicted molar refractivity (Wildman–Crippen MR) is 122 cm³/mol. The number of ether oxygens (including phenoxy) is 2. The van der Waals surface area contributed by atoms with E-state index in [0.717, 1.165) is 46.1 Å². The number of hydrogen-bond acceptors (Lipinski definition) is 6. The standard InChI is InChI=1S/C25H28N4O4/c1-3-33-25(31)21-13-19-10-15(2)23(24(29(19)28-21)17-6-8-32-9-7-17)22(30)12-16-4-5-20-18(11-16)14-26-27-20/h4-5,11,13-14,17,24H,3,6-10,12H2,1-2H3,(H,26,27). The lowest BCUT2D eigenvalue weighted by atomic mass is 9.79. The molecule has 2 aliphatic heterocycles. The van der Waals surface area contributed by atoms with Crippen LogP contribution in [-0.4, -0.2) is 51.6 Å². The zero-order valence-electron chi connectivity index (χ0n) is 19.0. The summed E-state index contributed by atoms with van der Waals surface area (Å²) in [7, 11) is 0. The van der Waals surface area contributed by atoms with Crippen LogP contribution in [0.25, 0.3) is 10.9 Å². The van der Waals surface area contributed by atoms with Gasteiger partial charge in [-0.1, -0.05) is 11.6 Å². The fraction of sp³-hybridized carbons (Fsp3) is 0.440. The smallest absolute Gasteiger partial charge is 0.358 e. The number of allylic oxidation sites excluding steroid dienone is 2. The van der Waals surface area contributed by atoms with Gasteiger partial charge in [-0.25, -0.2) is 4.79 Å². The summed E-state index contributed by atoms with van der Waals surface area (Å²) in [5, 5.41) is 12.6. The number of H-pyrrole nitrogens is 1. The van der Waals surface area contributed by atoms with Crippen molar-refractivity contribution in [1.82, 2.24) is 20.0 Å². The Hall–Kier alpha value is -3.26. The molecular weight excluding hydrogens is 420 g/mol. The number of nitrogens with zero attached hydrogens (tertiary/aromatic N) is 3. The Morgan fingerprint density at radius 2 is 2.06 bits per heavy atom. The van der Waals surface area contributed by atoms with E-state index < -0.39 is 5.97 Å². The molecule has 2 aliphatic rings. The van der Waals surface area contributed by atoms with Gasteiger partial charge in [0, 0.05) is 42.7 Å². The first-order chi connectivity index (χ1) is 16.0. The maximum Gasteiger partial charge on any atom is 0.358 e. The quantitative estimate of drug-likeness (QED) is 0.579. The third-order valence-electron chi connectivity index (χ3n) is 6.65. The Morgan fingerprint density at radius 3 is 2.85 bits per heavy atom. The Bertz CT molecular complexity index is 1230. The monoisotopic (exact) mass is 448 g/mol. The lowest BCUT2D eigenvalue weighted by Gasteiger charge is -2.36. The first-order valence-electron chi connectivity index (χ1n) is 11.5. The second-order valence-electron chi connectivity index (χ2n) is 8.84. The summed E-state index contributed by atoms with van der Waals surface area (Å²) in [6.07, 6.45) is 4.38. The van der Waals surface area contributed by atoms with Crippen LogP contribution in [0.15, 0.2) is 41.6 Å². The molecule has 33 heavy (non-hydrogen) atoms. The average molecular weight is 449 g/mol. The first-order valence-corrected chi connectivity index (χ1v) is 11.5. The molecular formula is C25H28N4O4. The number of aromatic amines is 1. The van der Waals surface area contributed by atoms with Crippen LogP contribution < -0.4 is 0 Å². The van der Waals surface area contributed by atoms with Crippen molar-refractivity contribution in [2.45, 2.75) is 45.6 Å². The molecule has 0 radical (unpaired) electrons. The summed E-state index contributed by atoms with van der Waals surface area (Å²) in [6, 6.07) is 7.55. The number of rotatable bonds is 6. The van der Waals surface area contributed by atoms with Crippen LogP contribution >= 0.6 is 0 Å². The highest BCUT2D eigenvalue weighted by Gasteiger charge is 2.38. The maximum atomic E-state index is 13.7. The molecule has 172 valence electrons. The van der Waals surface area contributed by atoms with Crippen LogP contribution in [0.2, 0.25) is 0 Å². The van der Waals surface area contributed by atoms with Gasteiger partial charge in [0.15, 0.2) is 11.5 Å². The average Bonchev–Trinajstić information content (AvgIpc) is 3.45. The van der Waals surface area contributed by atoms with Gasteiger partial charge in [0.25, 0.3) is 0 Å². The van der Waals surface area contributed by atoms with E-state index in [4.69, 9.17) is 9.47 Å². The number of aromatic nitrogens is 4. The molecule has 0 aliphatic carbocycles. The molecule has 0 saturated carbocycles. The van der Waals surface area contributed by atoms with Gasteiger partial charge >= 0.3 is 5.97 Å². The number of Topliss-reactive ketones (excluding diaryl/α,β-unsaturated/α-hetero) is 1. The van der Waals surface area contributed by atoms with Crippen molar-refractivity contribution in [1.29, 1.82) is 0 Å². The van der Waals surface area contributed by atoms with Crippen LogP contribution in [0, 0.1) is 5.92 Å². The van der Waals surface area contributed by atoms with Gasteiger partial charge in [0.2, 0.25) is 0 Å². The van der Waals surface area contributed by atoms with Crippen molar-refractivity contribution >= 4 is 22.7 Å². The SMILES string of the molecule is CCOC(=O)c1cc2n(n1)C(C1CCOCC1)C(C(=O)Cc1ccc3[nH]ncc3c1)=C(C)C2. The Balaban J connectivity index is 1.50. The van der Waals surface area contributed by atoms with E-state index >= 15 is 0 Å². The van der Waals surface area contributed by atoms with Crippen LogP contribution in [0.4, 0.5) is 0 Å². The molecule has 1 fully saturated rings. The molecule has 1 atom stereocenters. The Morgan fingerprint density at radius 1 is 1.24 bits per heavy atom. The van der Waals surface area contributed by atoms with Gasteiger partial charge in [0.1, 0.15) is 0 Å². The van der Waals surface area contributed by atoms with Crippen LogP contribution in [0.5, 0.6) is 0 Å². The minimum absolute atomic E-state index is 0.102. The Labute approximate surface area is 191 Å². The molecule has 4 heterocycles. The zero-order chi connectivity index (χ0) is 22.9. The number of carbonyl (C=O) groups excluding carboxylic acids is 2. The highest BCUT2D eigenvalue weighted by atomic mass is 16.5. The number of nitrogens with one attached hydrogen (secondary N) is 1. The molecule has 8 nitrogen and oxygen atoms in total. The summed E-state index contributed by atoms with van der Waals surface area (Å²) < 4.78 is 12.7. The molecule has 8 heteroatoms. The Kier molecular flexibility index (Phi) is 5.85. The largest absolute Gasteiger partial charge is 0.461 e. The van der Waals surface area contributed by atoms with E-state index in [1.807, 2.05) is 35.9 Å². The van der Waals surface area contributed by atoms with Crippen molar-refractivity contribution in [2.24, 2.45) is 5.92 Å². The minimum atomic E-state index is -0.427.